The van der Waals surface area contributed by atoms with Gasteiger partial charge in [0.2, 0.25) is 11.8 Å². The van der Waals surface area contributed by atoms with Crippen molar-refractivity contribution in [2.24, 2.45) is 0 Å². The number of fused-ring (bicyclic) bond motifs is 1. The topological polar surface area (TPSA) is 108 Å². The minimum Gasteiger partial charge on any atom is -0.462 e. The van der Waals surface area contributed by atoms with E-state index in [0.717, 1.165) is 37.9 Å². The molecular formula is C33H34N4O5. The van der Waals surface area contributed by atoms with Gasteiger partial charge in [0.15, 0.2) is 0 Å². The van der Waals surface area contributed by atoms with Gasteiger partial charge in [0, 0.05) is 37.0 Å². The fraction of sp³-hybridized carbons (Fsp3) is 0.273. The van der Waals surface area contributed by atoms with Gasteiger partial charge in [0.05, 0.1) is 29.1 Å². The van der Waals surface area contributed by atoms with Crippen LogP contribution in [0.5, 0.6) is 0 Å². The molecule has 0 bridgehead atoms. The summed E-state index contributed by atoms with van der Waals surface area (Å²) >= 11 is 0. The molecule has 3 aromatic carbocycles. The second kappa shape index (κ2) is 12.7. The molecule has 1 saturated heterocycles. The number of likely N-dealkylation sites (tertiary alicyclic amines) is 1. The minimum atomic E-state index is -0.453. The highest BCUT2D eigenvalue weighted by Gasteiger charge is 2.29. The Hall–Kier alpha value is -4.92. The van der Waals surface area contributed by atoms with E-state index in [-0.39, 0.29) is 30.9 Å². The van der Waals surface area contributed by atoms with Gasteiger partial charge >= 0.3 is 5.97 Å². The van der Waals surface area contributed by atoms with Gasteiger partial charge in [-0.2, -0.15) is 0 Å². The SMILES string of the molecule is CCOC(=O)c1ccc2c(c1)NC(=O)C2=C(Nc1ccc(N(CC(=O)N2CCCCC2)C(C)=O)cc1)c1ccccc1. The van der Waals surface area contributed by atoms with Crippen molar-refractivity contribution in [1.29, 1.82) is 0 Å². The molecule has 2 heterocycles. The van der Waals surface area contributed by atoms with Gasteiger partial charge in [-0.15, -0.1) is 0 Å². The standard InChI is InChI=1S/C33H34N4O5/c1-3-42-33(41)24-12-17-27-28(20-24)35-32(40)30(27)31(23-10-6-4-7-11-23)34-25-13-15-26(16-14-25)37(22(2)38)21-29(39)36-18-8-5-9-19-36/h4,6-7,10-17,20,34H,3,5,8-9,18-19,21H2,1-2H3,(H,35,40). The Kier molecular flexibility index (Phi) is 8.66. The molecule has 42 heavy (non-hydrogen) atoms. The van der Waals surface area contributed by atoms with Crippen LogP contribution in [-0.4, -0.2) is 54.8 Å². The molecule has 5 rings (SSSR count). The summed E-state index contributed by atoms with van der Waals surface area (Å²) in [5.41, 5.74) is 4.68. The maximum atomic E-state index is 13.3. The maximum Gasteiger partial charge on any atom is 0.338 e. The number of esters is 1. The number of amides is 3. The molecule has 2 N–H and O–H groups in total. The molecule has 0 unspecified atom stereocenters. The lowest BCUT2D eigenvalue weighted by Gasteiger charge is -2.29. The lowest BCUT2D eigenvalue weighted by atomic mass is 9.99. The number of benzene rings is 3. The fourth-order valence-corrected chi connectivity index (χ4v) is 5.28. The van der Waals surface area contributed by atoms with E-state index in [4.69, 9.17) is 4.74 Å². The first-order chi connectivity index (χ1) is 20.4. The zero-order chi connectivity index (χ0) is 29.6. The predicted octanol–water partition coefficient (Wildman–Crippen LogP) is 5.16. The second-order valence-corrected chi connectivity index (χ2v) is 10.3. The number of anilines is 3. The van der Waals surface area contributed by atoms with Crippen LogP contribution < -0.4 is 15.5 Å². The van der Waals surface area contributed by atoms with E-state index < -0.39 is 5.97 Å². The molecular weight excluding hydrogens is 532 g/mol. The third-order valence-corrected chi connectivity index (χ3v) is 7.42. The molecule has 2 aliphatic heterocycles. The van der Waals surface area contributed by atoms with E-state index >= 15 is 0 Å². The van der Waals surface area contributed by atoms with E-state index in [2.05, 4.69) is 10.6 Å². The zero-order valence-electron chi connectivity index (χ0n) is 23.8. The minimum absolute atomic E-state index is 0.00777. The Morgan fingerprint density at radius 2 is 1.64 bits per heavy atom. The van der Waals surface area contributed by atoms with Gasteiger partial charge in [-0.3, -0.25) is 14.4 Å². The van der Waals surface area contributed by atoms with E-state index in [1.807, 2.05) is 47.4 Å². The van der Waals surface area contributed by atoms with Crippen LogP contribution in [0, 0.1) is 0 Å². The highest BCUT2D eigenvalue weighted by Crippen LogP contribution is 2.38. The quantitative estimate of drug-likeness (QED) is 0.288. The summed E-state index contributed by atoms with van der Waals surface area (Å²) in [4.78, 5) is 54.2. The van der Waals surface area contributed by atoms with E-state index in [1.165, 1.54) is 11.8 Å². The monoisotopic (exact) mass is 566 g/mol. The van der Waals surface area contributed by atoms with Crippen LogP contribution in [0.15, 0.2) is 72.8 Å². The summed E-state index contributed by atoms with van der Waals surface area (Å²) in [6.45, 7) is 4.90. The molecule has 0 aromatic heterocycles. The van der Waals surface area contributed by atoms with Crippen LogP contribution in [0.1, 0.15) is 54.6 Å². The van der Waals surface area contributed by atoms with Gasteiger partial charge in [0.25, 0.3) is 5.91 Å². The number of carbonyl (C=O) groups excluding carboxylic acids is 4. The molecule has 0 atom stereocenters. The van der Waals surface area contributed by atoms with Crippen molar-refractivity contribution in [3.8, 4) is 0 Å². The predicted molar refractivity (Wildman–Crippen MR) is 163 cm³/mol. The average Bonchev–Trinajstić information content (AvgIpc) is 3.34. The Morgan fingerprint density at radius 1 is 0.929 bits per heavy atom. The molecule has 0 radical (unpaired) electrons. The first-order valence-electron chi connectivity index (χ1n) is 14.2. The van der Waals surface area contributed by atoms with Crippen molar-refractivity contribution >= 4 is 52.0 Å². The number of ether oxygens (including phenoxy) is 1. The van der Waals surface area contributed by atoms with Crippen molar-refractivity contribution in [3.05, 3.63) is 89.5 Å². The lowest BCUT2D eigenvalue weighted by Crippen LogP contribution is -2.44. The number of nitrogens with zero attached hydrogens (tertiary/aromatic N) is 2. The second-order valence-electron chi connectivity index (χ2n) is 10.3. The number of nitrogens with one attached hydrogen (secondary N) is 2. The summed E-state index contributed by atoms with van der Waals surface area (Å²) in [6, 6.07) is 21.7. The Morgan fingerprint density at radius 3 is 2.31 bits per heavy atom. The summed E-state index contributed by atoms with van der Waals surface area (Å²) < 4.78 is 5.11. The van der Waals surface area contributed by atoms with Crippen molar-refractivity contribution in [1.82, 2.24) is 4.90 Å². The average molecular weight is 567 g/mol. The third-order valence-electron chi connectivity index (χ3n) is 7.42. The van der Waals surface area contributed by atoms with Crippen LogP contribution in [0.3, 0.4) is 0 Å². The summed E-state index contributed by atoms with van der Waals surface area (Å²) in [5.74, 6) is -1.02. The van der Waals surface area contributed by atoms with Crippen LogP contribution in [-0.2, 0) is 19.1 Å². The molecule has 216 valence electrons. The maximum absolute atomic E-state index is 13.3. The first kappa shape index (κ1) is 28.6. The highest BCUT2D eigenvalue weighted by atomic mass is 16.5. The Bertz CT molecular complexity index is 1530. The van der Waals surface area contributed by atoms with Gasteiger partial charge in [-0.1, -0.05) is 36.4 Å². The van der Waals surface area contributed by atoms with Gasteiger partial charge < -0.3 is 25.2 Å². The van der Waals surface area contributed by atoms with E-state index in [1.54, 1.807) is 37.3 Å². The van der Waals surface area contributed by atoms with Gasteiger partial charge in [0.1, 0.15) is 6.54 Å². The van der Waals surface area contributed by atoms with Crippen LogP contribution in [0.4, 0.5) is 17.1 Å². The van der Waals surface area contributed by atoms with Gasteiger partial charge in [-0.25, -0.2) is 4.79 Å². The summed E-state index contributed by atoms with van der Waals surface area (Å²) in [5, 5.41) is 6.28. The van der Waals surface area contributed by atoms with E-state index in [9.17, 15) is 19.2 Å². The Balaban J connectivity index is 1.44. The molecule has 9 nitrogen and oxygen atoms in total. The largest absolute Gasteiger partial charge is 0.462 e. The number of carbonyl (C=O) groups is 4. The van der Waals surface area contributed by atoms with Crippen molar-refractivity contribution in [3.63, 3.8) is 0 Å². The molecule has 0 saturated carbocycles. The number of hydrogen-bond donors (Lipinski definition) is 2. The molecule has 2 aliphatic rings. The normalized spacial score (nSPS) is 15.4. The molecule has 0 aliphatic carbocycles. The molecule has 1 fully saturated rings. The van der Waals surface area contributed by atoms with Crippen LogP contribution >= 0.6 is 0 Å². The van der Waals surface area contributed by atoms with E-state index in [0.29, 0.717) is 39.5 Å². The number of piperidine rings is 1. The van der Waals surface area contributed by atoms with Crippen LogP contribution in [0.2, 0.25) is 0 Å². The smallest absolute Gasteiger partial charge is 0.338 e. The first-order valence-corrected chi connectivity index (χ1v) is 14.2. The van der Waals surface area contributed by atoms with Crippen molar-refractivity contribution < 1.29 is 23.9 Å². The van der Waals surface area contributed by atoms with Crippen molar-refractivity contribution in [2.45, 2.75) is 33.1 Å². The van der Waals surface area contributed by atoms with Crippen molar-refractivity contribution in [2.75, 3.05) is 41.8 Å². The molecule has 9 heteroatoms. The highest BCUT2D eigenvalue weighted by molar-refractivity contribution is 6.37. The fourth-order valence-electron chi connectivity index (χ4n) is 5.28. The third kappa shape index (κ3) is 6.20. The van der Waals surface area contributed by atoms with Gasteiger partial charge in [-0.05, 0) is 68.1 Å². The summed E-state index contributed by atoms with van der Waals surface area (Å²) in [6.07, 6.45) is 3.10. The number of rotatable bonds is 8. The zero-order valence-corrected chi connectivity index (χ0v) is 23.8. The summed E-state index contributed by atoms with van der Waals surface area (Å²) in [7, 11) is 0. The number of hydrogen-bond acceptors (Lipinski definition) is 6. The molecule has 3 aromatic rings. The Labute approximate surface area is 245 Å². The van der Waals surface area contributed by atoms with Crippen LogP contribution in [0.25, 0.3) is 11.3 Å². The molecule has 0 spiro atoms. The molecule has 3 amide bonds. The lowest BCUT2D eigenvalue weighted by molar-refractivity contribution is -0.132.